The van der Waals surface area contributed by atoms with Crippen LogP contribution in [-0.2, 0) is 11.3 Å². The van der Waals surface area contributed by atoms with Crippen LogP contribution < -0.4 is 15.5 Å². The molecule has 1 unspecified atom stereocenters. The molecule has 3 aromatic carbocycles. The fourth-order valence-electron chi connectivity index (χ4n) is 4.79. The Bertz CT molecular complexity index is 1500. The van der Waals surface area contributed by atoms with Crippen LogP contribution in [0.2, 0.25) is 0 Å². The molecule has 0 saturated carbocycles. The summed E-state index contributed by atoms with van der Waals surface area (Å²) in [5, 5.41) is 13.0. The van der Waals surface area contributed by atoms with Gasteiger partial charge in [0.25, 0.3) is 11.8 Å². The summed E-state index contributed by atoms with van der Waals surface area (Å²) < 4.78 is 7.88. The predicted octanol–water partition coefficient (Wildman–Crippen LogP) is 6.19. The van der Waals surface area contributed by atoms with Crippen LogP contribution in [0.25, 0.3) is 10.9 Å². The first-order valence-electron chi connectivity index (χ1n) is 13.3. The van der Waals surface area contributed by atoms with Crippen molar-refractivity contribution in [3.8, 4) is 5.75 Å². The average molecular weight is 528 g/mol. The lowest BCUT2D eigenvalue weighted by molar-refractivity contribution is -0.135. The summed E-state index contributed by atoms with van der Waals surface area (Å²) in [5.41, 5.74) is 8.86. The molecule has 0 radical (unpaired) electrons. The van der Waals surface area contributed by atoms with Crippen molar-refractivity contribution in [1.82, 2.24) is 15.4 Å². The number of carbonyl (C=O) groups is 2. The van der Waals surface area contributed by atoms with Crippen molar-refractivity contribution in [1.29, 1.82) is 0 Å². The second-order valence-electron chi connectivity index (χ2n) is 10.4. The summed E-state index contributed by atoms with van der Waals surface area (Å²) in [6, 6.07) is 21.7. The maximum Gasteiger partial charge on any atom is 0.284 e. The summed E-state index contributed by atoms with van der Waals surface area (Å²) in [5.74, 6) is 0.259. The largest absolute Gasteiger partial charge is 0.481 e. The molecule has 1 heterocycles. The van der Waals surface area contributed by atoms with E-state index in [-0.39, 0.29) is 11.9 Å². The van der Waals surface area contributed by atoms with Crippen molar-refractivity contribution in [2.24, 2.45) is 0 Å². The smallest absolute Gasteiger partial charge is 0.284 e. The zero-order valence-corrected chi connectivity index (χ0v) is 23.4. The number of ether oxygens (including phenoxy) is 1. The van der Waals surface area contributed by atoms with Crippen LogP contribution >= 0.6 is 0 Å². The van der Waals surface area contributed by atoms with Gasteiger partial charge in [-0.1, -0.05) is 50.2 Å². The van der Waals surface area contributed by atoms with Crippen molar-refractivity contribution in [2.45, 2.75) is 66.2 Å². The molecule has 3 N–H and O–H groups in total. The van der Waals surface area contributed by atoms with E-state index in [1.165, 1.54) is 5.56 Å². The quantitative estimate of drug-likeness (QED) is 0.179. The zero-order valence-electron chi connectivity index (χ0n) is 23.4. The molecule has 4 aromatic rings. The van der Waals surface area contributed by atoms with Crippen molar-refractivity contribution in [2.75, 3.05) is 0 Å². The molecule has 1 aromatic heterocycles. The van der Waals surface area contributed by atoms with Crippen LogP contribution in [-0.4, -0.2) is 27.7 Å². The van der Waals surface area contributed by atoms with Gasteiger partial charge in [0.2, 0.25) is 0 Å². The Morgan fingerprint density at radius 1 is 0.923 bits per heavy atom. The summed E-state index contributed by atoms with van der Waals surface area (Å²) in [4.78, 5) is 24.8. The SMILES string of the molecule is Cc1c(C)n(Cc2cccc(OC(C)C(=O)NO)c2)c2ccc(C(=O)N[C@@H](C)c3cccc(C(C)C)c3)cc12. The number of nitrogens with zero attached hydrogens (tertiary/aromatic N) is 1. The first-order chi connectivity index (χ1) is 18.6. The van der Waals surface area contributed by atoms with E-state index < -0.39 is 12.0 Å². The van der Waals surface area contributed by atoms with E-state index in [0.29, 0.717) is 23.8 Å². The second-order valence-corrected chi connectivity index (χ2v) is 10.4. The lowest BCUT2D eigenvalue weighted by Crippen LogP contribution is -2.34. The Balaban J connectivity index is 1.55. The van der Waals surface area contributed by atoms with Gasteiger partial charge in [-0.2, -0.15) is 0 Å². The average Bonchev–Trinajstić information content (AvgIpc) is 3.16. The molecular formula is C32H37N3O4. The van der Waals surface area contributed by atoms with E-state index in [9.17, 15) is 9.59 Å². The maximum atomic E-state index is 13.2. The number of aryl methyl sites for hydroxylation is 1. The van der Waals surface area contributed by atoms with Crippen LogP contribution in [0.4, 0.5) is 0 Å². The number of nitrogens with one attached hydrogen (secondary N) is 2. The summed E-state index contributed by atoms with van der Waals surface area (Å²) in [6.45, 7) is 12.7. The molecule has 2 atom stereocenters. The van der Waals surface area contributed by atoms with E-state index in [1.807, 2.05) is 49.4 Å². The number of carbonyl (C=O) groups excluding carboxylic acids is 2. The third kappa shape index (κ3) is 6.15. The number of benzene rings is 3. The molecule has 0 bridgehead atoms. The van der Waals surface area contributed by atoms with Crippen LogP contribution in [0, 0.1) is 13.8 Å². The lowest BCUT2D eigenvalue weighted by Gasteiger charge is -2.17. The Morgan fingerprint density at radius 3 is 2.36 bits per heavy atom. The first kappa shape index (κ1) is 27.9. The van der Waals surface area contributed by atoms with E-state index in [2.05, 4.69) is 55.8 Å². The zero-order chi connectivity index (χ0) is 28.3. The van der Waals surface area contributed by atoms with Crippen LogP contribution in [0.1, 0.15) is 78.0 Å². The van der Waals surface area contributed by atoms with Crippen molar-refractivity contribution in [3.05, 3.63) is 100 Å². The first-order valence-corrected chi connectivity index (χ1v) is 13.3. The topological polar surface area (TPSA) is 92.6 Å². The highest BCUT2D eigenvalue weighted by Crippen LogP contribution is 2.28. The van der Waals surface area contributed by atoms with Crippen molar-refractivity contribution in [3.63, 3.8) is 0 Å². The van der Waals surface area contributed by atoms with Gasteiger partial charge < -0.3 is 14.6 Å². The van der Waals surface area contributed by atoms with E-state index in [4.69, 9.17) is 9.94 Å². The van der Waals surface area contributed by atoms with Crippen molar-refractivity contribution >= 4 is 22.7 Å². The van der Waals surface area contributed by atoms with Gasteiger partial charge in [0.15, 0.2) is 6.10 Å². The Kier molecular flexibility index (Phi) is 8.41. The summed E-state index contributed by atoms with van der Waals surface area (Å²) in [6.07, 6.45) is -0.826. The Labute approximate surface area is 229 Å². The van der Waals surface area contributed by atoms with E-state index in [0.717, 1.165) is 33.3 Å². The number of hydrogen-bond donors (Lipinski definition) is 3. The molecule has 0 aliphatic carbocycles. The third-order valence-corrected chi connectivity index (χ3v) is 7.36. The minimum atomic E-state index is -0.826. The van der Waals surface area contributed by atoms with Crippen LogP contribution in [0.3, 0.4) is 0 Å². The van der Waals surface area contributed by atoms with E-state index >= 15 is 0 Å². The lowest BCUT2D eigenvalue weighted by atomic mass is 9.98. The molecule has 2 amide bonds. The summed E-state index contributed by atoms with van der Waals surface area (Å²) in [7, 11) is 0. The maximum absolute atomic E-state index is 13.2. The molecule has 204 valence electrons. The standard InChI is InChI=1S/C32H37N3O4/c1-19(2)25-10-8-11-26(16-25)21(4)33-32(37)27-13-14-30-29(17-27)20(3)22(5)35(30)18-24-9-7-12-28(15-24)39-23(6)31(36)34-38/h7-17,19,21,23,38H,18H2,1-6H3,(H,33,37)(H,34,36)/t21-,23?/m0/s1. The second kappa shape index (κ2) is 11.7. The van der Waals surface area contributed by atoms with Gasteiger partial charge in [0.05, 0.1) is 6.04 Å². The van der Waals surface area contributed by atoms with Crippen molar-refractivity contribution < 1.29 is 19.5 Å². The number of hydrogen-bond acceptors (Lipinski definition) is 4. The fourth-order valence-corrected chi connectivity index (χ4v) is 4.79. The normalized spacial score (nSPS) is 12.8. The minimum absolute atomic E-state index is 0.102. The van der Waals surface area contributed by atoms with Gasteiger partial charge in [-0.15, -0.1) is 0 Å². The number of aromatic nitrogens is 1. The van der Waals surface area contributed by atoms with Gasteiger partial charge in [-0.25, -0.2) is 5.48 Å². The Morgan fingerprint density at radius 2 is 1.64 bits per heavy atom. The van der Waals surface area contributed by atoms with Gasteiger partial charge in [-0.3, -0.25) is 14.8 Å². The monoisotopic (exact) mass is 527 g/mol. The Hall–Kier alpha value is -4.10. The van der Waals surface area contributed by atoms with Gasteiger partial charge in [-0.05, 0) is 86.2 Å². The minimum Gasteiger partial charge on any atom is -0.481 e. The highest BCUT2D eigenvalue weighted by molar-refractivity contribution is 5.99. The molecule has 0 spiro atoms. The molecule has 0 aliphatic rings. The number of hydroxylamine groups is 1. The molecular weight excluding hydrogens is 490 g/mol. The number of rotatable bonds is 9. The number of amides is 2. The fraction of sp³-hybridized carbons (Fsp3) is 0.312. The molecule has 0 aliphatic heterocycles. The summed E-state index contributed by atoms with van der Waals surface area (Å²) >= 11 is 0. The van der Waals surface area contributed by atoms with Crippen LogP contribution in [0.15, 0.2) is 66.7 Å². The van der Waals surface area contributed by atoms with Gasteiger partial charge in [0.1, 0.15) is 5.75 Å². The van der Waals surface area contributed by atoms with Crippen LogP contribution in [0.5, 0.6) is 5.75 Å². The van der Waals surface area contributed by atoms with Gasteiger partial charge >= 0.3 is 0 Å². The molecule has 4 rings (SSSR count). The third-order valence-electron chi connectivity index (χ3n) is 7.36. The van der Waals surface area contributed by atoms with Gasteiger partial charge in [0, 0.05) is 28.7 Å². The van der Waals surface area contributed by atoms with E-state index in [1.54, 1.807) is 18.5 Å². The number of fused-ring (bicyclic) bond motifs is 1. The predicted molar refractivity (Wildman–Crippen MR) is 153 cm³/mol. The molecule has 7 nitrogen and oxygen atoms in total. The highest BCUT2D eigenvalue weighted by atomic mass is 16.5. The molecule has 0 fully saturated rings. The molecule has 39 heavy (non-hydrogen) atoms. The molecule has 0 saturated heterocycles. The highest BCUT2D eigenvalue weighted by Gasteiger charge is 2.18. The molecule has 7 heteroatoms.